The number of pyridine rings is 1. The van der Waals surface area contributed by atoms with Gasteiger partial charge in [-0.2, -0.15) is 17.0 Å². The van der Waals surface area contributed by atoms with Crippen LogP contribution in [0.3, 0.4) is 0 Å². The second-order valence-corrected chi connectivity index (χ2v) is 7.34. The Labute approximate surface area is 144 Å². The average molecular weight is 343 g/mol. The third-order valence-corrected chi connectivity index (χ3v) is 5.77. The SMILES string of the molecule is CC1=C(C)OC2=C(O1)Oc1c(cc(C#N)nc1N)C21CCSCC1. The lowest BCUT2D eigenvalue weighted by Gasteiger charge is -2.43. The van der Waals surface area contributed by atoms with Crippen LogP contribution in [0, 0.1) is 11.3 Å². The summed E-state index contributed by atoms with van der Waals surface area (Å²) in [5.41, 5.74) is 6.84. The van der Waals surface area contributed by atoms with Crippen LogP contribution in [0.5, 0.6) is 5.75 Å². The van der Waals surface area contributed by atoms with E-state index in [2.05, 4.69) is 11.1 Å². The Balaban J connectivity index is 1.94. The number of hydrogen-bond acceptors (Lipinski definition) is 7. The minimum Gasteiger partial charge on any atom is -0.454 e. The molecule has 3 aliphatic heterocycles. The van der Waals surface area contributed by atoms with Crippen molar-refractivity contribution in [2.75, 3.05) is 17.2 Å². The number of nitrogens with two attached hydrogens (primary N) is 1. The number of rotatable bonds is 0. The molecular formula is C17H17N3O3S. The highest BCUT2D eigenvalue weighted by molar-refractivity contribution is 7.99. The minimum absolute atomic E-state index is 0.209. The van der Waals surface area contributed by atoms with E-state index >= 15 is 0 Å². The van der Waals surface area contributed by atoms with E-state index in [9.17, 15) is 5.26 Å². The molecule has 7 heteroatoms. The summed E-state index contributed by atoms with van der Waals surface area (Å²) >= 11 is 1.91. The van der Waals surface area contributed by atoms with Gasteiger partial charge in [-0.3, -0.25) is 0 Å². The second kappa shape index (κ2) is 5.35. The predicted molar refractivity (Wildman–Crippen MR) is 89.8 cm³/mol. The molecule has 0 bridgehead atoms. The van der Waals surface area contributed by atoms with Crippen LogP contribution in [0.15, 0.2) is 29.3 Å². The molecule has 0 saturated carbocycles. The molecule has 1 aromatic heterocycles. The van der Waals surface area contributed by atoms with Crippen LogP contribution in [0.1, 0.15) is 37.9 Å². The summed E-state index contributed by atoms with van der Waals surface area (Å²) in [7, 11) is 0. The first-order valence-corrected chi connectivity index (χ1v) is 8.95. The van der Waals surface area contributed by atoms with E-state index in [1.807, 2.05) is 25.6 Å². The predicted octanol–water partition coefficient (Wildman–Crippen LogP) is 3.16. The lowest BCUT2D eigenvalue weighted by Crippen LogP contribution is -2.40. The third-order valence-electron chi connectivity index (χ3n) is 4.79. The van der Waals surface area contributed by atoms with Crippen molar-refractivity contribution in [2.24, 2.45) is 0 Å². The Bertz CT molecular complexity index is 832. The van der Waals surface area contributed by atoms with E-state index in [0.717, 1.165) is 35.7 Å². The number of nitriles is 1. The van der Waals surface area contributed by atoms with E-state index in [0.29, 0.717) is 23.2 Å². The molecule has 4 rings (SSSR count). The monoisotopic (exact) mass is 343 g/mol. The van der Waals surface area contributed by atoms with Crippen LogP contribution in [-0.4, -0.2) is 16.5 Å². The highest BCUT2D eigenvalue weighted by Gasteiger charge is 2.50. The maximum absolute atomic E-state index is 9.27. The van der Waals surface area contributed by atoms with Crippen LogP contribution in [0.2, 0.25) is 0 Å². The highest BCUT2D eigenvalue weighted by atomic mass is 32.2. The number of fused-ring (bicyclic) bond motifs is 3. The van der Waals surface area contributed by atoms with Crippen molar-refractivity contribution >= 4 is 17.6 Å². The lowest BCUT2D eigenvalue weighted by atomic mass is 9.72. The molecule has 124 valence electrons. The van der Waals surface area contributed by atoms with Gasteiger partial charge in [0, 0.05) is 5.56 Å². The number of nitrogen functional groups attached to an aromatic ring is 1. The molecule has 0 radical (unpaired) electrons. The number of anilines is 1. The van der Waals surface area contributed by atoms with E-state index in [1.54, 1.807) is 6.07 Å². The second-order valence-electron chi connectivity index (χ2n) is 6.11. The molecule has 2 N–H and O–H groups in total. The summed E-state index contributed by atoms with van der Waals surface area (Å²) in [4.78, 5) is 4.11. The van der Waals surface area contributed by atoms with Crippen molar-refractivity contribution in [3.8, 4) is 11.8 Å². The van der Waals surface area contributed by atoms with Gasteiger partial charge in [-0.05, 0) is 44.3 Å². The van der Waals surface area contributed by atoms with Gasteiger partial charge in [-0.25, -0.2) is 4.98 Å². The van der Waals surface area contributed by atoms with Gasteiger partial charge in [0.2, 0.25) is 0 Å². The number of nitrogens with zero attached hydrogens (tertiary/aromatic N) is 2. The molecule has 0 aliphatic carbocycles. The van der Waals surface area contributed by atoms with Gasteiger partial charge in [0.1, 0.15) is 23.3 Å². The Morgan fingerprint density at radius 3 is 2.62 bits per heavy atom. The van der Waals surface area contributed by atoms with E-state index < -0.39 is 5.41 Å². The van der Waals surface area contributed by atoms with Crippen molar-refractivity contribution in [1.29, 1.82) is 5.26 Å². The van der Waals surface area contributed by atoms with E-state index in [-0.39, 0.29) is 11.5 Å². The zero-order valence-corrected chi connectivity index (χ0v) is 14.3. The zero-order chi connectivity index (χ0) is 16.9. The maximum atomic E-state index is 9.27. The molecule has 3 aliphatic rings. The van der Waals surface area contributed by atoms with Gasteiger partial charge in [0.05, 0.1) is 5.41 Å². The summed E-state index contributed by atoms with van der Waals surface area (Å²) in [5, 5.41) is 9.27. The van der Waals surface area contributed by atoms with Crippen molar-refractivity contribution in [2.45, 2.75) is 32.1 Å². The molecule has 24 heavy (non-hydrogen) atoms. The van der Waals surface area contributed by atoms with Gasteiger partial charge in [-0.15, -0.1) is 0 Å². The fourth-order valence-electron chi connectivity index (χ4n) is 3.39. The largest absolute Gasteiger partial charge is 0.454 e. The molecule has 1 fully saturated rings. The van der Waals surface area contributed by atoms with Crippen LogP contribution < -0.4 is 10.5 Å². The van der Waals surface area contributed by atoms with Crippen LogP contribution >= 0.6 is 11.8 Å². The topological polar surface area (TPSA) is 90.4 Å². The Morgan fingerprint density at radius 2 is 1.92 bits per heavy atom. The van der Waals surface area contributed by atoms with Crippen LogP contribution in [0.4, 0.5) is 5.82 Å². The zero-order valence-electron chi connectivity index (χ0n) is 13.5. The molecule has 4 heterocycles. The maximum Gasteiger partial charge on any atom is 0.331 e. The number of aromatic nitrogens is 1. The van der Waals surface area contributed by atoms with Crippen molar-refractivity contribution < 1.29 is 14.2 Å². The molecule has 0 atom stereocenters. The van der Waals surface area contributed by atoms with E-state index in [1.165, 1.54) is 0 Å². The van der Waals surface area contributed by atoms with Gasteiger partial charge >= 0.3 is 5.95 Å². The Kier molecular flexibility index (Phi) is 3.39. The lowest BCUT2D eigenvalue weighted by molar-refractivity contribution is 0.0526. The van der Waals surface area contributed by atoms with Crippen molar-refractivity contribution in [1.82, 2.24) is 4.98 Å². The quantitative estimate of drug-likeness (QED) is 0.773. The Morgan fingerprint density at radius 1 is 1.21 bits per heavy atom. The van der Waals surface area contributed by atoms with Crippen LogP contribution in [-0.2, 0) is 14.9 Å². The first kappa shape index (κ1) is 15.2. The number of ether oxygens (including phenoxy) is 3. The summed E-state index contributed by atoms with van der Waals surface area (Å²) in [6.07, 6.45) is 1.74. The molecule has 0 aromatic carbocycles. The average Bonchev–Trinajstić information content (AvgIpc) is 2.59. The normalized spacial score (nSPS) is 21.2. The number of allylic oxidation sites excluding steroid dienone is 3. The van der Waals surface area contributed by atoms with Crippen LogP contribution in [0.25, 0.3) is 0 Å². The standard InChI is InChI=1S/C17H17N3O3S/c1-9-10(2)22-16-14(21-9)17(3-5-24-6-4-17)12-7-11(8-18)20-15(19)13(12)23-16/h7H,3-6H2,1-2H3,(H2,19,20). The van der Waals surface area contributed by atoms with E-state index in [4.69, 9.17) is 19.9 Å². The molecule has 6 nitrogen and oxygen atoms in total. The highest BCUT2D eigenvalue weighted by Crippen LogP contribution is 2.54. The molecule has 1 saturated heterocycles. The van der Waals surface area contributed by atoms with Gasteiger partial charge in [0.25, 0.3) is 0 Å². The molecular weight excluding hydrogens is 326 g/mol. The molecule has 0 unspecified atom stereocenters. The smallest absolute Gasteiger partial charge is 0.331 e. The first-order valence-electron chi connectivity index (χ1n) is 7.80. The van der Waals surface area contributed by atoms with Gasteiger partial charge < -0.3 is 19.9 Å². The summed E-state index contributed by atoms with van der Waals surface area (Å²) < 4.78 is 17.9. The molecule has 0 amide bonds. The number of hydrogen-bond donors (Lipinski definition) is 1. The molecule has 1 spiro atoms. The summed E-state index contributed by atoms with van der Waals surface area (Å²) in [5.74, 6) is 5.09. The van der Waals surface area contributed by atoms with Crippen molar-refractivity contribution in [3.63, 3.8) is 0 Å². The third kappa shape index (κ3) is 2.06. The van der Waals surface area contributed by atoms with Gasteiger partial charge in [0.15, 0.2) is 17.3 Å². The van der Waals surface area contributed by atoms with Crippen molar-refractivity contribution in [3.05, 3.63) is 40.5 Å². The Hall–Kier alpha value is -2.33. The minimum atomic E-state index is -0.390. The molecule has 1 aromatic rings. The summed E-state index contributed by atoms with van der Waals surface area (Å²) in [6.45, 7) is 3.71. The fraction of sp³-hybridized carbons (Fsp3) is 0.412. The number of thioether (sulfide) groups is 1. The summed E-state index contributed by atoms with van der Waals surface area (Å²) in [6, 6.07) is 3.85. The first-order chi connectivity index (χ1) is 11.5. The van der Waals surface area contributed by atoms with Gasteiger partial charge in [-0.1, -0.05) is 0 Å². The fourth-order valence-corrected chi connectivity index (χ4v) is 4.58.